The summed E-state index contributed by atoms with van der Waals surface area (Å²) in [5.74, 6) is 1.14. The molecule has 144 valence electrons. The third-order valence-corrected chi connectivity index (χ3v) is 5.50. The second-order valence-electron chi connectivity index (χ2n) is 7.71. The molecular weight excluding hydrogens is 346 g/mol. The van der Waals surface area contributed by atoms with Crippen LogP contribution in [0.3, 0.4) is 0 Å². The first-order valence-electron chi connectivity index (χ1n) is 9.45. The lowest BCUT2D eigenvalue weighted by Gasteiger charge is -2.36. The van der Waals surface area contributed by atoms with E-state index in [2.05, 4.69) is 20.4 Å². The van der Waals surface area contributed by atoms with Crippen molar-refractivity contribution < 1.29 is 14.1 Å². The molecule has 1 N–H and O–H groups in total. The third kappa shape index (κ3) is 3.53. The summed E-state index contributed by atoms with van der Waals surface area (Å²) in [7, 11) is 0. The van der Waals surface area contributed by atoms with Gasteiger partial charge in [0.15, 0.2) is 0 Å². The molecule has 1 spiro atoms. The molecule has 0 saturated carbocycles. The van der Waals surface area contributed by atoms with Crippen molar-refractivity contribution in [2.75, 3.05) is 26.3 Å². The molecule has 4 heterocycles. The van der Waals surface area contributed by atoms with Crippen LogP contribution in [0.25, 0.3) is 11.4 Å². The van der Waals surface area contributed by atoms with Gasteiger partial charge in [0.2, 0.25) is 11.7 Å². The summed E-state index contributed by atoms with van der Waals surface area (Å²) in [5.41, 5.74) is 0.742. The van der Waals surface area contributed by atoms with Crippen molar-refractivity contribution in [3.63, 3.8) is 0 Å². The second kappa shape index (κ2) is 7.26. The molecule has 27 heavy (non-hydrogen) atoms. The molecule has 0 unspecified atom stereocenters. The van der Waals surface area contributed by atoms with Gasteiger partial charge >= 0.3 is 6.03 Å². The highest BCUT2D eigenvalue weighted by molar-refractivity contribution is 5.75. The summed E-state index contributed by atoms with van der Waals surface area (Å²) in [6.07, 6.45) is 5.20. The first-order valence-corrected chi connectivity index (χ1v) is 9.45. The van der Waals surface area contributed by atoms with Crippen molar-refractivity contribution in [1.29, 1.82) is 0 Å². The Bertz CT molecular complexity index is 786. The minimum Gasteiger partial charge on any atom is -0.381 e. The minimum atomic E-state index is -0.0781. The lowest BCUT2D eigenvalue weighted by Crippen LogP contribution is -2.43. The van der Waals surface area contributed by atoms with E-state index in [9.17, 15) is 4.79 Å². The van der Waals surface area contributed by atoms with E-state index < -0.39 is 0 Å². The summed E-state index contributed by atoms with van der Waals surface area (Å²) in [5, 5.41) is 7.14. The first kappa shape index (κ1) is 17.9. The van der Waals surface area contributed by atoms with E-state index in [1.54, 1.807) is 12.4 Å². The molecule has 1 atom stereocenters. The van der Waals surface area contributed by atoms with Crippen molar-refractivity contribution in [3.05, 3.63) is 30.4 Å². The minimum absolute atomic E-state index is 0.0113. The van der Waals surface area contributed by atoms with Crippen molar-refractivity contribution in [2.24, 2.45) is 5.41 Å². The van der Waals surface area contributed by atoms with E-state index in [-0.39, 0.29) is 23.4 Å². The van der Waals surface area contributed by atoms with Crippen LogP contribution >= 0.6 is 0 Å². The SMILES string of the molecule is CC(C)NC(=O)N1C[C@H](c2nc(-c3cccnc3)no2)C2(CCOCC2)C1. The van der Waals surface area contributed by atoms with Crippen LogP contribution < -0.4 is 5.32 Å². The number of amides is 2. The lowest BCUT2D eigenvalue weighted by molar-refractivity contribution is 0.00940. The number of likely N-dealkylation sites (tertiary alicyclic amines) is 1. The maximum Gasteiger partial charge on any atom is 0.317 e. The van der Waals surface area contributed by atoms with Gasteiger partial charge in [-0.2, -0.15) is 4.98 Å². The van der Waals surface area contributed by atoms with Crippen molar-refractivity contribution in [1.82, 2.24) is 25.3 Å². The van der Waals surface area contributed by atoms with Crippen LogP contribution in [0.4, 0.5) is 4.79 Å². The second-order valence-corrected chi connectivity index (χ2v) is 7.71. The van der Waals surface area contributed by atoms with Gasteiger partial charge in [-0.3, -0.25) is 4.98 Å². The van der Waals surface area contributed by atoms with E-state index in [4.69, 9.17) is 9.26 Å². The zero-order chi connectivity index (χ0) is 18.9. The zero-order valence-corrected chi connectivity index (χ0v) is 15.7. The molecule has 2 aliphatic heterocycles. The third-order valence-electron chi connectivity index (χ3n) is 5.50. The van der Waals surface area contributed by atoms with Gasteiger partial charge in [-0.05, 0) is 38.8 Å². The molecule has 8 nitrogen and oxygen atoms in total. The fraction of sp³-hybridized carbons (Fsp3) is 0.579. The molecule has 2 aromatic rings. The topological polar surface area (TPSA) is 93.4 Å². The van der Waals surface area contributed by atoms with Gasteiger partial charge in [-0.15, -0.1) is 0 Å². The molecule has 4 rings (SSSR count). The molecular formula is C19H25N5O3. The Labute approximate surface area is 158 Å². The van der Waals surface area contributed by atoms with Crippen LogP contribution in [0, 0.1) is 5.41 Å². The largest absolute Gasteiger partial charge is 0.381 e. The number of ether oxygens (including phenoxy) is 1. The summed E-state index contributed by atoms with van der Waals surface area (Å²) < 4.78 is 11.2. The number of carbonyl (C=O) groups is 1. The van der Waals surface area contributed by atoms with Crippen LogP contribution in [0.1, 0.15) is 38.5 Å². The van der Waals surface area contributed by atoms with E-state index in [1.165, 1.54) is 0 Å². The fourth-order valence-corrected chi connectivity index (χ4v) is 4.08. The average Bonchev–Trinajstić information content (AvgIpc) is 3.28. The number of hydrogen-bond acceptors (Lipinski definition) is 6. The average molecular weight is 371 g/mol. The standard InChI is InChI=1S/C19H25N5O3/c1-13(2)21-18(25)24-11-15(19(12-24)5-8-26-9-6-19)17-22-16(23-27-17)14-4-3-7-20-10-14/h3-4,7,10,13,15H,5-6,8-9,11-12H2,1-2H3,(H,21,25)/t15-/m1/s1. The quantitative estimate of drug-likeness (QED) is 0.891. The molecule has 8 heteroatoms. The molecule has 2 aromatic heterocycles. The maximum atomic E-state index is 12.6. The molecule has 2 amide bonds. The molecule has 2 saturated heterocycles. The smallest absolute Gasteiger partial charge is 0.317 e. The number of nitrogens with zero attached hydrogens (tertiary/aromatic N) is 4. The molecule has 0 radical (unpaired) electrons. The van der Waals surface area contributed by atoms with Crippen LogP contribution in [0.5, 0.6) is 0 Å². The predicted molar refractivity (Wildman–Crippen MR) is 98.0 cm³/mol. The summed E-state index contributed by atoms with van der Waals surface area (Å²) >= 11 is 0. The number of aromatic nitrogens is 3. The van der Waals surface area contributed by atoms with Crippen molar-refractivity contribution >= 4 is 6.03 Å². The van der Waals surface area contributed by atoms with Crippen molar-refractivity contribution in [3.8, 4) is 11.4 Å². The van der Waals surface area contributed by atoms with Gasteiger partial charge in [0.25, 0.3) is 0 Å². The van der Waals surface area contributed by atoms with Crippen LogP contribution in [0.15, 0.2) is 29.0 Å². The number of hydrogen-bond donors (Lipinski definition) is 1. The highest BCUT2D eigenvalue weighted by atomic mass is 16.5. The monoisotopic (exact) mass is 371 g/mol. The van der Waals surface area contributed by atoms with Gasteiger partial charge in [0, 0.05) is 55.7 Å². The van der Waals surface area contributed by atoms with Gasteiger partial charge in [-0.1, -0.05) is 5.16 Å². The van der Waals surface area contributed by atoms with Gasteiger partial charge in [-0.25, -0.2) is 4.79 Å². The number of pyridine rings is 1. The van der Waals surface area contributed by atoms with E-state index in [0.29, 0.717) is 38.0 Å². The van der Waals surface area contributed by atoms with Crippen LogP contribution in [0.2, 0.25) is 0 Å². The van der Waals surface area contributed by atoms with Crippen LogP contribution in [-0.2, 0) is 4.74 Å². The summed E-state index contributed by atoms with van der Waals surface area (Å²) in [6.45, 7) is 6.58. The van der Waals surface area contributed by atoms with E-state index in [0.717, 1.165) is 18.4 Å². The Morgan fingerprint density at radius 2 is 2.19 bits per heavy atom. The number of urea groups is 1. The number of carbonyl (C=O) groups excluding carboxylic acids is 1. The van der Waals surface area contributed by atoms with Crippen LogP contribution in [-0.4, -0.2) is 58.4 Å². The Kier molecular flexibility index (Phi) is 4.82. The van der Waals surface area contributed by atoms with E-state index in [1.807, 2.05) is 30.9 Å². The normalized spacial score (nSPS) is 21.7. The molecule has 2 fully saturated rings. The molecule has 2 aliphatic rings. The molecule has 0 aromatic carbocycles. The Morgan fingerprint density at radius 3 is 2.89 bits per heavy atom. The summed E-state index contributed by atoms with van der Waals surface area (Å²) in [6, 6.07) is 3.81. The van der Waals surface area contributed by atoms with Gasteiger partial charge in [0.1, 0.15) is 0 Å². The Hall–Kier alpha value is -2.48. The number of nitrogens with one attached hydrogen (secondary N) is 1. The maximum absolute atomic E-state index is 12.6. The number of rotatable bonds is 3. The van der Waals surface area contributed by atoms with Gasteiger partial charge < -0.3 is 19.5 Å². The Morgan fingerprint density at radius 1 is 1.37 bits per heavy atom. The van der Waals surface area contributed by atoms with Gasteiger partial charge in [0.05, 0.1) is 5.92 Å². The Balaban J connectivity index is 1.61. The fourth-order valence-electron chi connectivity index (χ4n) is 4.08. The zero-order valence-electron chi connectivity index (χ0n) is 15.7. The van der Waals surface area contributed by atoms with E-state index >= 15 is 0 Å². The first-order chi connectivity index (χ1) is 13.1. The lowest BCUT2D eigenvalue weighted by atomic mass is 9.72. The molecule has 0 bridgehead atoms. The summed E-state index contributed by atoms with van der Waals surface area (Å²) in [4.78, 5) is 23.2. The highest BCUT2D eigenvalue weighted by Gasteiger charge is 2.51. The molecule has 0 aliphatic carbocycles. The van der Waals surface area contributed by atoms with Crippen molar-refractivity contribution in [2.45, 2.75) is 38.6 Å². The highest BCUT2D eigenvalue weighted by Crippen LogP contribution is 2.49. The predicted octanol–water partition coefficient (Wildman–Crippen LogP) is 2.45.